The first kappa shape index (κ1) is 15.1. The maximum Gasteiger partial charge on any atom is 0.406 e. The number of aliphatic hydroxyl groups is 1. The summed E-state index contributed by atoms with van der Waals surface area (Å²) in [6.45, 7) is -0.614. The molecule has 0 amide bonds. The number of thiol groups is 1. The summed E-state index contributed by atoms with van der Waals surface area (Å²) in [6.07, 6.45) is -0.795. The molecule has 0 spiro atoms. The predicted octanol–water partition coefficient (Wildman–Crippen LogP) is 1.99. The van der Waals surface area contributed by atoms with Gasteiger partial charge in [0.2, 0.25) is 0 Å². The van der Waals surface area contributed by atoms with Crippen LogP contribution in [0.4, 0.5) is 13.2 Å². The van der Waals surface area contributed by atoms with Crippen molar-refractivity contribution >= 4 is 12.6 Å². The van der Waals surface area contributed by atoms with Crippen molar-refractivity contribution < 1.29 is 18.3 Å². The van der Waals surface area contributed by atoms with Gasteiger partial charge in [-0.2, -0.15) is 25.8 Å². The Morgan fingerprint density at radius 1 is 1.13 bits per heavy atom. The number of rotatable bonds is 8. The molecule has 92 valence electrons. The third-order valence-corrected chi connectivity index (χ3v) is 2.37. The molecule has 0 fully saturated rings. The van der Waals surface area contributed by atoms with Crippen molar-refractivity contribution in [1.82, 2.24) is 5.32 Å². The van der Waals surface area contributed by atoms with Crippen molar-refractivity contribution in [1.29, 1.82) is 0 Å². The molecular weight excluding hydrogens is 227 g/mol. The smallest absolute Gasteiger partial charge is 0.394 e. The number of alkyl halides is 3. The molecule has 0 aliphatic carbocycles. The Morgan fingerprint density at radius 3 is 2.20 bits per heavy atom. The number of nitrogens with one attached hydrogen (secondary N) is 1. The SMILES string of the molecule is OCC(NCCCCCCS)C(F)(F)F. The second kappa shape index (κ2) is 8.24. The van der Waals surface area contributed by atoms with Crippen molar-refractivity contribution in [3.05, 3.63) is 0 Å². The van der Waals surface area contributed by atoms with E-state index in [0.29, 0.717) is 6.42 Å². The van der Waals surface area contributed by atoms with Crippen LogP contribution < -0.4 is 5.32 Å². The van der Waals surface area contributed by atoms with E-state index in [1.165, 1.54) is 0 Å². The Morgan fingerprint density at radius 2 is 1.73 bits per heavy atom. The van der Waals surface area contributed by atoms with E-state index >= 15 is 0 Å². The topological polar surface area (TPSA) is 32.3 Å². The molecule has 0 aliphatic heterocycles. The summed E-state index contributed by atoms with van der Waals surface area (Å²) >= 11 is 4.03. The van der Waals surface area contributed by atoms with Gasteiger partial charge in [-0.15, -0.1) is 0 Å². The average Bonchev–Trinajstić information content (AvgIpc) is 2.15. The van der Waals surface area contributed by atoms with Crippen LogP contribution in [0.1, 0.15) is 25.7 Å². The molecule has 2 N–H and O–H groups in total. The van der Waals surface area contributed by atoms with Gasteiger partial charge in [-0.25, -0.2) is 0 Å². The summed E-state index contributed by atoms with van der Waals surface area (Å²) < 4.78 is 36.4. The lowest BCUT2D eigenvalue weighted by Gasteiger charge is -2.19. The molecule has 0 aromatic carbocycles. The molecule has 0 aromatic rings. The van der Waals surface area contributed by atoms with Gasteiger partial charge in [-0.1, -0.05) is 12.8 Å². The fourth-order valence-electron chi connectivity index (χ4n) is 1.15. The Hall–Kier alpha value is 0.0600. The van der Waals surface area contributed by atoms with Crippen LogP contribution in [0.15, 0.2) is 0 Å². The molecule has 0 rings (SSSR count). The van der Waals surface area contributed by atoms with Crippen molar-refractivity contribution in [2.24, 2.45) is 0 Å². The van der Waals surface area contributed by atoms with Crippen LogP contribution in [-0.2, 0) is 0 Å². The van der Waals surface area contributed by atoms with Crippen LogP contribution in [0.2, 0.25) is 0 Å². The first-order valence-electron chi connectivity index (χ1n) is 5.04. The number of unbranched alkanes of at least 4 members (excludes halogenated alkanes) is 3. The highest BCUT2D eigenvalue weighted by atomic mass is 32.1. The van der Waals surface area contributed by atoms with Gasteiger partial charge >= 0.3 is 6.18 Å². The van der Waals surface area contributed by atoms with Gasteiger partial charge in [0.15, 0.2) is 0 Å². The fourth-order valence-corrected chi connectivity index (χ4v) is 1.37. The monoisotopic (exact) mass is 245 g/mol. The van der Waals surface area contributed by atoms with Crippen molar-refractivity contribution in [2.75, 3.05) is 18.9 Å². The summed E-state index contributed by atoms with van der Waals surface area (Å²) in [4.78, 5) is 0. The number of hydrogen-bond acceptors (Lipinski definition) is 3. The van der Waals surface area contributed by atoms with Gasteiger partial charge in [0.1, 0.15) is 6.04 Å². The zero-order valence-electron chi connectivity index (χ0n) is 8.56. The minimum Gasteiger partial charge on any atom is -0.394 e. The highest BCUT2D eigenvalue weighted by molar-refractivity contribution is 7.80. The highest BCUT2D eigenvalue weighted by Gasteiger charge is 2.38. The Balaban J connectivity index is 3.48. The van der Waals surface area contributed by atoms with Gasteiger partial charge in [-0.05, 0) is 25.1 Å². The first-order valence-corrected chi connectivity index (χ1v) is 5.67. The van der Waals surface area contributed by atoms with E-state index < -0.39 is 18.8 Å². The van der Waals surface area contributed by atoms with Gasteiger partial charge < -0.3 is 10.4 Å². The van der Waals surface area contributed by atoms with Crippen LogP contribution in [0.25, 0.3) is 0 Å². The lowest BCUT2D eigenvalue weighted by atomic mass is 10.2. The van der Waals surface area contributed by atoms with E-state index in [9.17, 15) is 13.2 Å². The predicted molar refractivity (Wildman–Crippen MR) is 57.3 cm³/mol. The molecule has 2 nitrogen and oxygen atoms in total. The summed E-state index contributed by atoms with van der Waals surface area (Å²) in [5.74, 6) is 0.815. The Bertz CT molecular complexity index is 155. The normalized spacial score (nSPS) is 14.2. The molecule has 0 aliphatic rings. The quantitative estimate of drug-likeness (QED) is 0.451. The van der Waals surface area contributed by atoms with Gasteiger partial charge in [0, 0.05) is 0 Å². The molecule has 0 heterocycles. The maximum atomic E-state index is 12.1. The minimum atomic E-state index is -4.36. The molecule has 0 aromatic heterocycles. The second-order valence-corrected chi connectivity index (χ2v) is 3.82. The van der Waals surface area contributed by atoms with E-state index in [0.717, 1.165) is 25.0 Å². The fraction of sp³-hybridized carbons (Fsp3) is 1.00. The van der Waals surface area contributed by atoms with E-state index in [1.807, 2.05) is 0 Å². The van der Waals surface area contributed by atoms with E-state index in [-0.39, 0.29) is 6.54 Å². The van der Waals surface area contributed by atoms with Crippen LogP contribution in [0, 0.1) is 0 Å². The van der Waals surface area contributed by atoms with Crippen LogP contribution >= 0.6 is 12.6 Å². The molecule has 0 radical (unpaired) electrons. The molecule has 0 saturated heterocycles. The summed E-state index contributed by atoms with van der Waals surface area (Å²) in [5.41, 5.74) is 0. The third kappa shape index (κ3) is 7.93. The van der Waals surface area contributed by atoms with Gasteiger partial charge in [-0.3, -0.25) is 0 Å². The van der Waals surface area contributed by atoms with E-state index in [2.05, 4.69) is 17.9 Å². The summed E-state index contributed by atoms with van der Waals surface area (Å²) in [7, 11) is 0. The molecule has 0 bridgehead atoms. The van der Waals surface area contributed by atoms with Crippen molar-refractivity contribution in [3.8, 4) is 0 Å². The van der Waals surface area contributed by atoms with E-state index in [4.69, 9.17) is 5.11 Å². The zero-order chi connectivity index (χ0) is 11.7. The second-order valence-electron chi connectivity index (χ2n) is 3.37. The molecule has 0 saturated carbocycles. The van der Waals surface area contributed by atoms with Crippen LogP contribution in [0.5, 0.6) is 0 Å². The van der Waals surface area contributed by atoms with E-state index in [1.54, 1.807) is 0 Å². The minimum absolute atomic E-state index is 0.289. The maximum absolute atomic E-state index is 12.1. The lowest BCUT2D eigenvalue weighted by molar-refractivity contribution is -0.163. The molecule has 1 unspecified atom stereocenters. The van der Waals surface area contributed by atoms with Gasteiger partial charge in [0.25, 0.3) is 0 Å². The summed E-state index contributed by atoms with van der Waals surface area (Å²) in [6, 6.07) is -1.79. The lowest BCUT2D eigenvalue weighted by Crippen LogP contribution is -2.45. The Labute approximate surface area is 93.7 Å². The Kier molecular flexibility index (Phi) is 8.27. The highest BCUT2D eigenvalue weighted by Crippen LogP contribution is 2.19. The van der Waals surface area contributed by atoms with Gasteiger partial charge in [0.05, 0.1) is 6.61 Å². The summed E-state index contributed by atoms with van der Waals surface area (Å²) in [5, 5.41) is 10.8. The van der Waals surface area contributed by atoms with Crippen LogP contribution in [-0.4, -0.2) is 36.2 Å². The largest absolute Gasteiger partial charge is 0.406 e. The average molecular weight is 245 g/mol. The zero-order valence-corrected chi connectivity index (χ0v) is 9.45. The molecular formula is C9H18F3NOS. The van der Waals surface area contributed by atoms with Crippen molar-refractivity contribution in [2.45, 2.75) is 37.9 Å². The van der Waals surface area contributed by atoms with Crippen LogP contribution in [0.3, 0.4) is 0 Å². The third-order valence-electron chi connectivity index (χ3n) is 2.05. The standard InChI is InChI=1S/C9H18F3NOS/c10-9(11,12)8(7-14)13-5-3-1-2-4-6-15/h8,13-15H,1-7H2. The molecule has 6 heteroatoms. The number of halogens is 3. The molecule has 1 atom stereocenters. The first-order chi connectivity index (χ1) is 7.02. The number of hydrogen-bond donors (Lipinski definition) is 3. The molecule has 15 heavy (non-hydrogen) atoms. The number of aliphatic hydroxyl groups excluding tert-OH is 1. The van der Waals surface area contributed by atoms with Crippen molar-refractivity contribution in [3.63, 3.8) is 0 Å².